The van der Waals surface area contributed by atoms with Crippen molar-refractivity contribution in [1.82, 2.24) is 0 Å². The summed E-state index contributed by atoms with van der Waals surface area (Å²) in [7, 11) is -3.02. The number of ether oxygens (including phenoxy) is 2. The van der Waals surface area contributed by atoms with Crippen molar-refractivity contribution in [3.8, 4) is 0 Å². The second-order valence-electron chi connectivity index (χ2n) is 5.19. The van der Waals surface area contributed by atoms with E-state index in [1.165, 1.54) is 0 Å². The highest BCUT2D eigenvalue weighted by Gasteiger charge is 2.48. The van der Waals surface area contributed by atoms with Crippen LogP contribution in [0.2, 0.25) is 0 Å². The Hall–Kier alpha value is -0.150. The summed E-state index contributed by atoms with van der Waals surface area (Å²) in [6, 6.07) is 0. The first-order valence-corrected chi connectivity index (χ1v) is 9.49. The number of hydrogen-bond donors (Lipinski definition) is 0. The molecule has 1 rings (SSSR count). The fourth-order valence-electron chi connectivity index (χ4n) is 2.68. The molecule has 2 atom stereocenters. The molecule has 5 heteroatoms. The molecule has 20 heavy (non-hydrogen) atoms. The Labute approximate surface area is 123 Å². The molecule has 0 aliphatic heterocycles. The molecule has 0 spiro atoms. The molecule has 118 valence electrons. The summed E-state index contributed by atoms with van der Waals surface area (Å²) in [6.07, 6.45) is 7.96. The van der Waals surface area contributed by atoms with Gasteiger partial charge in [-0.1, -0.05) is 12.2 Å². The molecule has 0 fully saturated rings. The number of hydrogen-bond acceptors (Lipinski definition) is 4. The predicted molar refractivity (Wildman–Crippen MR) is 82.2 cm³/mol. The van der Waals surface area contributed by atoms with E-state index in [1.807, 2.05) is 20.8 Å². The molecular weight excluding hydrogens is 275 g/mol. The zero-order chi connectivity index (χ0) is 15.1. The van der Waals surface area contributed by atoms with E-state index >= 15 is 0 Å². The van der Waals surface area contributed by atoms with Crippen LogP contribution in [0.4, 0.5) is 0 Å². The highest BCUT2D eigenvalue weighted by molar-refractivity contribution is 7.60. The molecule has 0 aromatic rings. The average molecular weight is 304 g/mol. The summed E-state index contributed by atoms with van der Waals surface area (Å²) in [5.74, 6) is 0.387. The third kappa shape index (κ3) is 4.42. The van der Waals surface area contributed by atoms with Crippen molar-refractivity contribution in [2.75, 3.05) is 26.0 Å². The summed E-state index contributed by atoms with van der Waals surface area (Å²) in [5, 5.41) is 0. The quantitative estimate of drug-likeness (QED) is 0.360. The predicted octanol–water partition coefficient (Wildman–Crippen LogP) is 4.40. The van der Waals surface area contributed by atoms with Gasteiger partial charge in [0.2, 0.25) is 5.53 Å². The van der Waals surface area contributed by atoms with Gasteiger partial charge in [-0.2, -0.15) is 0 Å². The minimum Gasteiger partial charge on any atom is -0.342 e. The maximum absolute atomic E-state index is 13.4. The number of allylic oxidation sites excluding steroid dienone is 2. The van der Waals surface area contributed by atoms with Crippen LogP contribution in [0.1, 0.15) is 47.0 Å². The van der Waals surface area contributed by atoms with Gasteiger partial charge in [-0.05, 0) is 52.9 Å². The number of rotatable bonds is 9. The zero-order valence-corrected chi connectivity index (χ0v) is 14.2. The summed E-state index contributed by atoms with van der Waals surface area (Å²) in [5.41, 5.74) is -1.13. The standard InChI is InChI=1S/C15H29O4P/c1-5-17-15(4,18-6-2)20(16,19-7-3)13-14-11-9-8-10-12-14/h8-9,14H,5-7,10-13H2,1-4H3. The van der Waals surface area contributed by atoms with Gasteiger partial charge >= 0.3 is 0 Å². The third-order valence-corrected chi connectivity index (χ3v) is 6.83. The van der Waals surface area contributed by atoms with Crippen LogP contribution in [-0.2, 0) is 18.6 Å². The molecular formula is C15H29O4P. The van der Waals surface area contributed by atoms with E-state index in [0.717, 1.165) is 19.3 Å². The van der Waals surface area contributed by atoms with Gasteiger partial charge in [0.1, 0.15) is 0 Å². The first-order valence-electron chi connectivity index (χ1n) is 7.68. The van der Waals surface area contributed by atoms with Gasteiger partial charge in [-0.25, -0.2) is 0 Å². The van der Waals surface area contributed by atoms with E-state index < -0.39 is 12.9 Å². The maximum atomic E-state index is 13.4. The van der Waals surface area contributed by atoms with Gasteiger partial charge in [0.25, 0.3) is 7.37 Å². The Kier molecular flexibility index (Phi) is 7.46. The van der Waals surface area contributed by atoms with E-state index in [9.17, 15) is 4.57 Å². The van der Waals surface area contributed by atoms with Gasteiger partial charge in [0, 0.05) is 19.4 Å². The van der Waals surface area contributed by atoms with E-state index in [-0.39, 0.29) is 0 Å². The molecule has 0 N–H and O–H groups in total. The Morgan fingerprint density at radius 2 is 1.80 bits per heavy atom. The lowest BCUT2D eigenvalue weighted by Gasteiger charge is -2.38. The summed E-state index contributed by atoms with van der Waals surface area (Å²) >= 11 is 0. The topological polar surface area (TPSA) is 44.8 Å². The highest BCUT2D eigenvalue weighted by atomic mass is 31.2. The average Bonchev–Trinajstić information content (AvgIpc) is 2.40. The molecule has 0 aromatic heterocycles. The molecule has 4 nitrogen and oxygen atoms in total. The zero-order valence-electron chi connectivity index (χ0n) is 13.3. The lowest BCUT2D eigenvalue weighted by molar-refractivity contribution is -0.168. The van der Waals surface area contributed by atoms with Crippen molar-refractivity contribution >= 4 is 7.37 Å². The highest BCUT2D eigenvalue weighted by Crippen LogP contribution is 2.61. The SMILES string of the molecule is CCOC(C)(OCC)P(=O)(CC1CC=CCC1)OCC. The van der Waals surface area contributed by atoms with Gasteiger partial charge in [-0.3, -0.25) is 4.57 Å². The van der Waals surface area contributed by atoms with Crippen LogP contribution in [-0.4, -0.2) is 31.5 Å². The van der Waals surface area contributed by atoms with Crippen LogP contribution in [0.5, 0.6) is 0 Å². The molecule has 0 saturated heterocycles. The van der Waals surface area contributed by atoms with E-state index in [1.54, 1.807) is 6.92 Å². The maximum Gasteiger partial charge on any atom is 0.260 e. The van der Waals surface area contributed by atoms with Gasteiger partial charge in [0.05, 0.1) is 6.61 Å². The first kappa shape index (κ1) is 17.9. The van der Waals surface area contributed by atoms with Crippen molar-refractivity contribution in [1.29, 1.82) is 0 Å². The molecule has 0 aromatic carbocycles. The molecule has 1 aliphatic carbocycles. The van der Waals surface area contributed by atoms with Crippen LogP contribution in [0.15, 0.2) is 12.2 Å². The van der Waals surface area contributed by atoms with Crippen LogP contribution >= 0.6 is 7.37 Å². The lowest BCUT2D eigenvalue weighted by atomic mass is 9.96. The first-order chi connectivity index (χ1) is 9.51. The minimum absolute atomic E-state index is 0.387. The van der Waals surface area contributed by atoms with Crippen molar-refractivity contribution in [2.45, 2.75) is 52.5 Å². The van der Waals surface area contributed by atoms with Gasteiger partial charge in [0.15, 0.2) is 0 Å². The Morgan fingerprint density at radius 3 is 2.25 bits per heavy atom. The van der Waals surface area contributed by atoms with Gasteiger partial charge < -0.3 is 14.0 Å². The molecule has 0 saturated carbocycles. The molecule has 1 aliphatic rings. The molecule has 0 bridgehead atoms. The van der Waals surface area contributed by atoms with E-state index in [4.69, 9.17) is 14.0 Å². The summed E-state index contributed by atoms with van der Waals surface area (Å²) in [4.78, 5) is 0. The van der Waals surface area contributed by atoms with Crippen molar-refractivity contribution < 1.29 is 18.6 Å². The minimum atomic E-state index is -3.02. The van der Waals surface area contributed by atoms with Crippen molar-refractivity contribution in [3.05, 3.63) is 12.2 Å². The molecule has 2 unspecified atom stereocenters. The molecule has 0 heterocycles. The Bertz CT molecular complexity index is 348. The van der Waals surface area contributed by atoms with Gasteiger partial charge in [-0.15, -0.1) is 0 Å². The largest absolute Gasteiger partial charge is 0.342 e. The fraction of sp³-hybridized carbons (Fsp3) is 0.867. The van der Waals surface area contributed by atoms with Crippen LogP contribution in [0, 0.1) is 5.92 Å². The molecule has 0 amide bonds. The lowest BCUT2D eigenvalue weighted by Crippen LogP contribution is -2.36. The summed E-state index contributed by atoms with van der Waals surface area (Å²) in [6.45, 7) is 8.72. The van der Waals surface area contributed by atoms with Crippen LogP contribution < -0.4 is 0 Å². The third-order valence-electron chi connectivity index (χ3n) is 3.66. The second-order valence-corrected chi connectivity index (χ2v) is 7.97. The van der Waals surface area contributed by atoms with Crippen LogP contribution in [0.25, 0.3) is 0 Å². The second kappa shape index (κ2) is 8.33. The van der Waals surface area contributed by atoms with E-state index in [2.05, 4.69) is 12.2 Å². The van der Waals surface area contributed by atoms with E-state index in [0.29, 0.717) is 31.9 Å². The van der Waals surface area contributed by atoms with Crippen LogP contribution in [0.3, 0.4) is 0 Å². The Balaban J connectivity index is 2.91. The summed E-state index contributed by atoms with van der Waals surface area (Å²) < 4.78 is 30.5. The van der Waals surface area contributed by atoms with Crippen molar-refractivity contribution in [2.24, 2.45) is 5.92 Å². The Morgan fingerprint density at radius 1 is 1.15 bits per heavy atom. The fourth-order valence-corrected chi connectivity index (χ4v) is 5.43. The molecule has 0 radical (unpaired) electrons. The monoisotopic (exact) mass is 304 g/mol. The van der Waals surface area contributed by atoms with Crippen molar-refractivity contribution in [3.63, 3.8) is 0 Å². The smallest absolute Gasteiger partial charge is 0.260 e. The normalized spacial score (nSPS) is 22.7.